The van der Waals surface area contributed by atoms with E-state index in [-0.39, 0.29) is 30.0 Å². The van der Waals surface area contributed by atoms with Crippen LogP contribution in [0.5, 0.6) is 0 Å². The van der Waals surface area contributed by atoms with Gasteiger partial charge in [-0.25, -0.2) is 0 Å². The van der Waals surface area contributed by atoms with E-state index in [9.17, 15) is 25.5 Å². The van der Waals surface area contributed by atoms with Crippen molar-refractivity contribution in [3.8, 4) is 0 Å². The molecule has 0 bridgehead atoms. The Morgan fingerprint density at radius 1 is 0.788 bits per heavy atom. The molecule has 2 saturated carbocycles. The highest BCUT2D eigenvalue weighted by molar-refractivity contribution is 5.00. The molecule has 192 valence electrons. The van der Waals surface area contributed by atoms with Gasteiger partial charge in [-0.05, 0) is 44.4 Å². The number of ether oxygens (including phenoxy) is 4. The summed E-state index contributed by atoms with van der Waals surface area (Å²) in [4.78, 5) is 0. The molecule has 4 fully saturated rings. The van der Waals surface area contributed by atoms with Gasteiger partial charge in [-0.1, -0.05) is 13.8 Å². The van der Waals surface area contributed by atoms with Crippen LogP contribution in [0, 0.1) is 23.7 Å². The molecular formula is C24H42O9. The van der Waals surface area contributed by atoms with Crippen molar-refractivity contribution < 1.29 is 44.5 Å². The maximum atomic E-state index is 11.0. The van der Waals surface area contributed by atoms with E-state index in [1.807, 2.05) is 13.8 Å². The first-order chi connectivity index (χ1) is 15.8. The average Bonchev–Trinajstić information content (AvgIpc) is 2.85. The van der Waals surface area contributed by atoms with Crippen LogP contribution in [0.2, 0.25) is 0 Å². The highest BCUT2D eigenvalue weighted by Gasteiger charge is 2.53. The lowest BCUT2D eigenvalue weighted by Crippen LogP contribution is -2.63. The van der Waals surface area contributed by atoms with Gasteiger partial charge < -0.3 is 44.5 Å². The van der Waals surface area contributed by atoms with Crippen molar-refractivity contribution in [3.63, 3.8) is 0 Å². The van der Waals surface area contributed by atoms with Crippen LogP contribution in [-0.4, -0.2) is 100 Å². The number of fused-ring (bicyclic) bond motifs is 1. The third-order valence-corrected chi connectivity index (χ3v) is 8.79. The molecule has 0 spiro atoms. The SMILES string of the molecule is COC1CCC(C2CCC3C(O2)C(C)C(O)C(C)C3OC2OC(CO)C(O)C(O)C2O)CC1. The second-order valence-corrected chi connectivity index (χ2v) is 10.7. The minimum Gasteiger partial charge on any atom is -0.394 e. The molecule has 12 atom stereocenters. The largest absolute Gasteiger partial charge is 0.394 e. The fraction of sp³-hybridized carbons (Fsp3) is 1.00. The first kappa shape index (κ1) is 25.7. The molecule has 0 radical (unpaired) electrons. The number of hydrogen-bond donors (Lipinski definition) is 5. The topological polar surface area (TPSA) is 138 Å². The monoisotopic (exact) mass is 474 g/mol. The molecule has 9 heteroatoms. The van der Waals surface area contributed by atoms with E-state index in [4.69, 9.17) is 18.9 Å². The van der Waals surface area contributed by atoms with Crippen molar-refractivity contribution in [1.82, 2.24) is 0 Å². The number of hydrogen-bond acceptors (Lipinski definition) is 9. The van der Waals surface area contributed by atoms with Crippen LogP contribution in [-0.2, 0) is 18.9 Å². The lowest BCUT2D eigenvalue weighted by atomic mass is 9.66. The van der Waals surface area contributed by atoms with Crippen LogP contribution in [0.3, 0.4) is 0 Å². The number of rotatable bonds is 5. The van der Waals surface area contributed by atoms with Gasteiger partial charge in [-0.3, -0.25) is 0 Å². The van der Waals surface area contributed by atoms with Gasteiger partial charge >= 0.3 is 0 Å². The molecule has 12 unspecified atom stereocenters. The standard InChI is InChI=1S/C24H42O9/c1-11-18(26)12(2)23(33-24-21(29)20(28)19(27)17(10-25)32-24)15-8-9-16(31-22(11)15)13-4-6-14(30-3)7-5-13/h11-29H,4-10H2,1-3H3. The summed E-state index contributed by atoms with van der Waals surface area (Å²) in [5, 5.41) is 51.2. The molecule has 33 heavy (non-hydrogen) atoms. The highest BCUT2D eigenvalue weighted by Crippen LogP contribution is 2.46. The van der Waals surface area contributed by atoms with Gasteiger partial charge in [0.05, 0.1) is 37.1 Å². The van der Waals surface area contributed by atoms with E-state index in [0.717, 1.165) is 38.5 Å². The number of methoxy groups -OCH3 is 1. The molecule has 2 aliphatic heterocycles. The van der Waals surface area contributed by atoms with Crippen molar-refractivity contribution in [2.75, 3.05) is 13.7 Å². The van der Waals surface area contributed by atoms with Crippen LogP contribution >= 0.6 is 0 Å². The fourth-order valence-electron chi connectivity index (χ4n) is 6.62. The molecule has 9 nitrogen and oxygen atoms in total. The first-order valence-corrected chi connectivity index (χ1v) is 12.6. The molecule has 4 rings (SSSR count). The summed E-state index contributed by atoms with van der Waals surface area (Å²) in [6.45, 7) is 3.43. The number of aliphatic hydroxyl groups is 5. The Morgan fingerprint density at radius 3 is 2.12 bits per heavy atom. The zero-order chi connectivity index (χ0) is 23.9. The van der Waals surface area contributed by atoms with Crippen LogP contribution in [0.25, 0.3) is 0 Å². The summed E-state index contributed by atoms with van der Waals surface area (Å²) in [6, 6.07) is 0. The summed E-state index contributed by atoms with van der Waals surface area (Å²) >= 11 is 0. The Morgan fingerprint density at radius 2 is 1.48 bits per heavy atom. The Labute approximate surface area is 196 Å². The first-order valence-electron chi connectivity index (χ1n) is 12.6. The summed E-state index contributed by atoms with van der Waals surface area (Å²) in [6.07, 6.45) is -1.36. The number of aliphatic hydroxyl groups excluding tert-OH is 5. The Bertz CT molecular complexity index is 625. The molecule has 2 heterocycles. The van der Waals surface area contributed by atoms with Crippen molar-refractivity contribution in [1.29, 1.82) is 0 Å². The van der Waals surface area contributed by atoms with Gasteiger partial charge in [0.25, 0.3) is 0 Å². The fourth-order valence-corrected chi connectivity index (χ4v) is 6.62. The van der Waals surface area contributed by atoms with E-state index in [0.29, 0.717) is 12.0 Å². The lowest BCUT2D eigenvalue weighted by molar-refractivity contribution is -0.333. The third kappa shape index (κ3) is 4.99. The maximum absolute atomic E-state index is 11.0. The molecule has 2 saturated heterocycles. The van der Waals surface area contributed by atoms with Gasteiger partial charge in [0.1, 0.15) is 24.4 Å². The minimum atomic E-state index is -1.49. The van der Waals surface area contributed by atoms with Gasteiger partial charge in [0, 0.05) is 24.9 Å². The van der Waals surface area contributed by atoms with E-state index in [1.54, 1.807) is 7.11 Å². The predicted octanol–water partition coefficient (Wildman–Crippen LogP) is 0.187. The second kappa shape index (κ2) is 10.7. The average molecular weight is 475 g/mol. The Kier molecular flexibility index (Phi) is 8.36. The van der Waals surface area contributed by atoms with Crippen LogP contribution in [0.4, 0.5) is 0 Å². The minimum absolute atomic E-state index is 0.0114. The van der Waals surface area contributed by atoms with Gasteiger partial charge in [0.2, 0.25) is 0 Å². The molecule has 0 aromatic heterocycles. The van der Waals surface area contributed by atoms with Crippen molar-refractivity contribution in [2.45, 2.75) is 114 Å². The van der Waals surface area contributed by atoms with Crippen molar-refractivity contribution >= 4 is 0 Å². The summed E-state index contributed by atoms with van der Waals surface area (Å²) in [7, 11) is 1.77. The van der Waals surface area contributed by atoms with Crippen LogP contribution in [0.1, 0.15) is 52.4 Å². The maximum Gasteiger partial charge on any atom is 0.186 e. The smallest absolute Gasteiger partial charge is 0.186 e. The van der Waals surface area contributed by atoms with Crippen molar-refractivity contribution in [2.24, 2.45) is 23.7 Å². The van der Waals surface area contributed by atoms with Crippen LogP contribution in [0.15, 0.2) is 0 Å². The van der Waals surface area contributed by atoms with Crippen LogP contribution < -0.4 is 0 Å². The normalized spacial score (nSPS) is 53.5. The summed E-state index contributed by atoms with van der Waals surface area (Å²) < 4.78 is 23.9. The van der Waals surface area contributed by atoms with Gasteiger partial charge in [-0.2, -0.15) is 0 Å². The van der Waals surface area contributed by atoms with Crippen molar-refractivity contribution in [3.05, 3.63) is 0 Å². The molecule has 2 aliphatic carbocycles. The Hall–Kier alpha value is -0.360. The quantitative estimate of drug-likeness (QED) is 0.378. The van der Waals surface area contributed by atoms with Gasteiger partial charge in [0.15, 0.2) is 6.29 Å². The predicted molar refractivity (Wildman–Crippen MR) is 117 cm³/mol. The van der Waals surface area contributed by atoms with E-state index < -0.39 is 49.5 Å². The third-order valence-electron chi connectivity index (χ3n) is 8.79. The second-order valence-electron chi connectivity index (χ2n) is 10.7. The highest BCUT2D eigenvalue weighted by atomic mass is 16.7. The molecule has 0 aromatic rings. The van der Waals surface area contributed by atoms with Gasteiger partial charge in [-0.15, -0.1) is 0 Å². The van der Waals surface area contributed by atoms with E-state index in [2.05, 4.69) is 0 Å². The lowest BCUT2D eigenvalue weighted by Gasteiger charge is -2.53. The van der Waals surface area contributed by atoms with E-state index >= 15 is 0 Å². The summed E-state index contributed by atoms with van der Waals surface area (Å²) in [5.74, 6) is 0.215. The molecule has 4 aliphatic rings. The molecule has 0 aromatic carbocycles. The Balaban J connectivity index is 1.45. The zero-order valence-corrected chi connectivity index (χ0v) is 19.9. The van der Waals surface area contributed by atoms with E-state index in [1.165, 1.54) is 0 Å². The molecule has 5 N–H and O–H groups in total. The zero-order valence-electron chi connectivity index (χ0n) is 19.9. The molecule has 0 amide bonds. The molecular weight excluding hydrogens is 432 g/mol. The summed E-state index contributed by atoms with van der Waals surface area (Å²) in [5.41, 5.74) is 0.